The van der Waals surface area contributed by atoms with Crippen molar-refractivity contribution in [2.24, 2.45) is 0 Å². The largest absolute Gasteiger partial charge is 0.478 e. The lowest BCUT2D eigenvalue weighted by atomic mass is 9.99. The summed E-state index contributed by atoms with van der Waals surface area (Å²) in [5.41, 5.74) is 1.52. The standard InChI is InChI=1S/C12H14O2/c1-9(8-10(2)12(13)14)11-6-4-3-5-7-11/h3-9H,1-2H3,(H,13,14). The smallest absolute Gasteiger partial charge is 0.330 e. The predicted molar refractivity (Wildman–Crippen MR) is 56.2 cm³/mol. The number of hydrogen-bond acceptors (Lipinski definition) is 1. The molecule has 0 saturated heterocycles. The highest BCUT2D eigenvalue weighted by Gasteiger charge is 2.05. The van der Waals surface area contributed by atoms with Crippen LogP contribution >= 0.6 is 0 Å². The second kappa shape index (κ2) is 4.61. The molecule has 0 radical (unpaired) electrons. The van der Waals surface area contributed by atoms with Crippen LogP contribution in [-0.4, -0.2) is 11.1 Å². The van der Waals surface area contributed by atoms with Crippen molar-refractivity contribution in [3.8, 4) is 0 Å². The second-order valence-electron chi connectivity index (χ2n) is 3.35. The first kappa shape index (κ1) is 10.5. The van der Waals surface area contributed by atoms with Crippen molar-refractivity contribution < 1.29 is 9.90 Å². The topological polar surface area (TPSA) is 37.3 Å². The molecular weight excluding hydrogens is 176 g/mol. The molecule has 0 heterocycles. The molecule has 0 aliphatic carbocycles. The summed E-state index contributed by atoms with van der Waals surface area (Å²) < 4.78 is 0. The summed E-state index contributed by atoms with van der Waals surface area (Å²) in [5.74, 6) is -0.708. The van der Waals surface area contributed by atoms with Crippen molar-refractivity contribution in [2.75, 3.05) is 0 Å². The molecule has 1 unspecified atom stereocenters. The summed E-state index contributed by atoms with van der Waals surface area (Å²) in [6.45, 7) is 3.60. The van der Waals surface area contributed by atoms with Crippen LogP contribution < -0.4 is 0 Å². The number of carboxylic acid groups (broad SMARTS) is 1. The van der Waals surface area contributed by atoms with Crippen molar-refractivity contribution in [1.29, 1.82) is 0 Å². The van der Waals surface area contributed by atoms with Crippen molar-refractivity contribution in [3.63, 3.8) is 0 Å². The van der Waals surface area contributed by atoms with Crippen LogP contribution in [0.25, 0.3) is 0 Å². The highest BCUT2D eigenvalue weighted by molar-refractivity contribution is 5.85. The van der Waals surface area contributed by atoms with Crippen LogP contribution in [-0.2, 0) is 4.79 Å². The van der Waals surface area contributed by atoms with Crippen LogP contribution in [0.5, 0.6) is 0 Å². The lowest BCUT2D eigenvalue weighted by Crippen LogP contribution is -1.99. The van der Waals surface area contributed by atoms with E-state index in [-0.39, 0.29) is 5.92 Å². The van der Waals surface area contributed by atoms with Crippen LogP contribution in [0.2, 0.25) is 0 Å². The summed E-state index contributed by atoms with van der Waals surface area (Å²) in [6, 6.07) is 9.85. The van der Waals surface area contributed by atoms with Gasteiger partial charge in [-0.05, 0) is 18.4 Å². The lowest BCUT2D eigenvalue weighted by Gasteiger charge is -2.06. The molecule has 1 rings (SSSR count). The van der Waals surface area contributed by atoms with E-state index < -0.39 is 5.97 Å². The molecule has 74 valence electrons. The minimum absolute atomic E-state index is 0.146. The molecule has 2 nitrogen and oxygen atoms in total. The Kier molecular flexibility index (Phi) is 3.46. The highest BCUT2D eigenvalue weighted by atomic mass is 16.4. The Bertz CT molecular complexity index is 339. The second-order valence-corrected chi connectivity index (χ2v) is 3.35. The van der Waals surface area contributed by atoms with Gasteiger partial charge in [-0.25, -0.2) is 4.79 Å². The molecule has 1 atom stereocenters. The highest BCUT2D eigenvalue weighted by Crippen LogP contribution is 2.17. The molecule has 0 aromatic heterocycles. The van der Waals surface area contributed by atoms with E-state index in [4.69, 9.17) is 5.11 Å². The summed E-state index contributed by atoms with van der Waals surface area (Å²) in [5, 5.41) is 8.71. The Morgan fingerprint density at radius 2 is 1.93 bits per heavy atom. The average Bonchev–Trinajstić information content (AvgIpc) is 2.19. The Labute approximate surface area is 83.9 Å². The number of rotatable bonds is 3. The molecule has 0 amide bonds. The van der Waals surface area contributed by atoms with Crippen molar-refractivity contribution in [2.45, 2.75) is 19.8 Å². The minimum Gasteiger partial charge on any atom is -0.478 e. The third-order valence-corrected chi connectivity index (χ3v) is 2.16. The number of carboxylic acids is 1. The van der Waals surface area contributed by atoms with Crippen LogP contribution in [0, 0.1) is 0 Å². The van der Waals surface area contributed by atoms with E-state index in [1.54, 1.807) is 13.0 Å². The van der Waals surface area contributed by atoms with Crippen LogP contribution in [0.15, 0.2) is 42.0 Å². The molecule has 1 N–H and O–H groups in total. The van der Waals surface area contributed by atoms with Crippen molar-refractivity contribution >= 4 is 5.97 Å². The molecule has 0 saturated carbocycles. The quantitative estimate of drug-likeness (QED) is 0.744. The van der Waals surface area contributed by atoms with E-state index in [2.05, 4.69) is 0 Å². The summed E-state index contributed by atoms with van der Waals surface area (Å²) >= 11 is 0. The molecule has 0 spiro atoms. The average molecular weight is 190 g/mol. The van der Waals surface area contributed by atoms with E-state index in [9.17, 15) is 4.79 Å². The zero-order valence-electron chi connectivity index (χ0n) is 8.40. The molecule has 1 aromatic rings. The van der Waals surface area contributed by atoms with Crippen molar-refractivity contribution in [1.82, 2.24) is 0 Å². The zero-order valence-corrected chi connectivity index (χ0v) is 8.40. The summed E-state index contributed by atoms with van der Waals surface area (Å²) in [7, 11) is 0. The molecule has 1 aromatic carbocycles. The number of aliphatic carboxylic acids is 1. The number of allylic oxidation sites excluding steroid dienone is 1. The molecule has 2 heteroatoms. The molecule has 0 aliphatic rings. The maximum absolute atomic E-state index is 10.6. The third kappa shape index (κ3) is 2.73. The van der Waals surface area contributed by atoms with Gasteiger partial charge in [-0.3, -0.25) is 0 Å². The number of hydrogen-bond donors (Lipinski definition) is 1. The van der Waals surface area contributed by atoms with Gasteiger partial charge in [0.05, 0.1) is 0 Å². The fourth-order valence-corrected chi connectivity index (χ4v) is 1.30. The van der Waals surface area contributed by atoms with Gasteiger partial charge in [-0.1, -0.05) is 43.3 Å². The number of carbonyl (C=O) groups is 1. The Balaban J connectivity index is 2.82. The first-order valence-corrected chi connectivity index (χ1v) is 4.58. The van der Waals surface area contributed by atoms with Gasteiger partial charge >= 0.3 is 5.97 Å². The molecule has 0 aliphatic heterocycles. The fraction of sp³-hybridized carbons (Fsp3) is 0.250. The molecular formula is C12H14O2. The SMILES string of the molecule is CC(=CC(C)c1ccccc1)C(=O)O. The van der Waals surface area contributed by atoms with E-state index in [0.717, 1.165) is 5.56 Å². The first-order valence-electron chi connectivity index (χ1n) is 4.58. The van der Waals surface area contributed by atoms with E-state index in [1.165, 1.54) is 0 Å². The third-order valence-electron chi connectivity index (χ3n) is 2.16. The predicted octanol–water partition coefficient (Wildman–Crippen LogP) is 2.82. The van der Waals surface area contributed by atoms with E-state index in [1.807, 2.05) is 37.3 Å². The Hall–Kier alpha value is -1.57. The normalized spacial score (nSPS) is 13.7. The van der Waals surface area contributed by atoms with E-state index in [0.29, 0.717) is 5.57 Å². The van der Waals surface area contributed by atoms with Crippen LogP contribution in [0.4, 0.5) is 0 Å². The van der Waals surface area contributed by atoms with Gasteiger partial charge in [0.1, 0.15) is 0 Å². The molecule has 0 bridgehead atoms. The van der Waals surface area contributed by atoms with Crippen LogP contribution in [0.3, 0.4) is 0 Å². The van der Waals surface area contributed by atoms with Gasteiger partial charge in [0.25, 0.3) is 0 Å². The fourth-order valence-electron chi connectivity index (χ4n) is 1.30. The molecule has 14 heavy (non-hydrogen) atoms. The van der Waals surface area contributed by atoms with Gasteiger partial charge in [-0.2, -0.15) is 0 Å². The zero-order chi connectivity index (χ0) is 10.6. The van der Waals surface area contributed by atoms with Gasteiger partial charge in [0, 0.05) is 5.57 Å². The van der Waals surface area contributed by atoms with Gasteiger partial charge < -0.3 is 5.11 Å². The van der Waals surface area contributed by atoms with E-state index >= 15 is 0 Å². The maximum Gasteiger partial charge on any atom is 0.330 e. The lowest BCUT2D eigenvalue weighted by molar-refractivity contribution is -0.132. The van der Waals surface area contributed by atoms with Gasteiger partial charge in [0.2, 0.25) is 0 Å². The molecule has 0 fully saturated rings. The summed E-state index contributed by atoms with van der Waals surface area (Å²) in [6.07, 6.45) is 1.76. The first-order chi connectivity index (χ1) is 6.61. The van der Waals surface area contributed by atoms with Gasteiger partial charge in [0.15, 0.2) is 0 Å². The minimum atomic E-state index is -0.854. The van der Waals surface area contributed by atoms with Crippen molar-refractivity contribution in [3.05, 3.63) is 47.5 Å². The Morgan fingerprint density at radius 3 is 2.43 bits per heavy atom. The number of benzene rings is 1. The van der Waals surface area contributed by atoms with Gasteiger partial charge in [-0.15, -0.1) is 0 Å². The van der Waals surface area contributed by atoms with Crippen LogP contribution in [0.1, 0.15) is 25.3 Å². The Morgan fingerprint density at radius 1 is 1.36 bits per heavy atom. The maximum atomic E-state index is 10.6. The summed E-state index contributed by atoms with van der Waals surface area (Å²) in [4.78, 5) is 10.6. The monoisotopic (exact) mass is 190 g/mol.